The second-order valence-corrected chi connectivity index (χ2v) is 7.14. The van der Waals surface area contributed by atoms with Crippen LogP contribution in [0, 0.1) is 19.8 Å². The molecule has 1 aliphatic rings. The van der Waals surface area contributed by atoms with Crippen molar-refractivity contribution in [2.75, 3.05) is 5.32 Å². The van der Waals surface area contributed by atoms with E-state index in [1.165, 1.54) is 11.3 Å². The molecule has 0 atom stereocenters. The SMILES string of the molecule is Cc1sc(NC(=O)C2CCCC2)c(C(=O)OC(C)C)c1C. The number of amides is 1. The van der Waals surface area contributed by atoms with Crippen molar-refractivity contribution >= 4 is 28.2 Å². The molecular weight excluding hydrogens is 286 g/mol. The topological polar surface area (TPSA) is 55.4 Å². The molecule has 0 spiro atoms. The molecule has 116 valence electrons. The Bertz CT molecular complexity index is 542. The number of thiophene rings is 1. The van der Waals surface area contributed by atoms with E-state index in [-0.39, 0.29) is 23.9 Å². The molecule has 0 radical (unpaired) electrons. The second-order valence-electron chi connectivity index (χ2n) is 5.91. The van der Waals surface area contributed by atoms with E-state index in [9.17, 15) is 9.59 Å². The van der Waals surface area contributed by atoms with Crippen LogP contribution in [0.3, 0.4) is 0 Å². The fourth-order valence-corrected chi connectivity index (χ4v) is 3.69. The van der Waals surface area contributed by atoms with Gasteiger partial charge in [0.25, 0.3) is 0 Å². The van der Waals surface area contributed by atoms with Gasteiger partial charge in [-0.15, -0.1) is 11.3 Å². The van der Waals surface area contributed by atoms with Crippen LogP contribution in [0.25, 0.3) is 0 Å². The zero-order valence-corrected chi connectivity index (χ0v) is 13.9. The maximum Gasteiger partial charge on any atom is 0.341 e. The molecule has 0 unspecified atom stereocenters. The van der Waals surface area contributed by atoms with Gasteiger partial charge < -0.3 is 10.1 Å². The van der Waals surface area contributed by atoms with E-state index < -0.39 is 0 Å². The molecule has 0 saturated heterocycles. The second kappa shape index (κ2) is 6.60. The Hall–Kier alpha value is -1.36. The number of rotatable bonds is 4. The summed E-state index contributed by atoms with van der Waals surface area (Å²) < 4.78 is 5.29. The molecule has 1 aromatic heterocycles. The van der Waals surface area contributed by atoms with Gasteiger partial charge in [0.15, 0.2) is 0 Å². The summed E-state index contributed by atoms with van der Waals surface area (Å²) in [6.07, 6.45) is 3.95. The molecule has 1 saturated carbocycles. The quantitative estimate of drug-likeness (QED) is 0.853. The van der Waals surface area contributed by atoms with E-state index in [2.05, 4.69) is 5.32 Å². The predicted octanol–water partition coefficient (Wildman–Crippen LogP) is 4.06. The Morgan fingerprint density at radius 2 is 1.86 bits per heavy atom. The number of carbonyl (C=O) groups is 2. The lowest BCUT2D eigenvalue weighted by molar-refractivity contribution is -0.119. The van der Waals surface area contributed by atoms with Gasteiger partial charge in [-0.1, -0.05) is 12.8 Å². The predicted molar refractivity (Wildman–Crippen MR) is 84.9 cm³/mol. The molecule has 0 bridgehead atoms. The minimum atomic E-state index is -0.353. The van der Waals surface area contributed by atoms with Crippen LogP contribution in [-0.2, 0) is 9.53 Å². The fraction of sp³-hybridized carbons (Fsp3) is 0.625. The van der Waals surface area contributed by atoms with Gasteiger partial charge in [-0.05, 0) is 46.1 Å². The van der Waals surface area contributed by atoms with Crippen LogP contribution >= 0.6 is 11.3 Å². The van der Waals surface area contributed by atoms with Crippen molar-refractivity contribution in [2.45, 2.75) is 59.5 Å². The first-order valence-electron chi connectivity index (χ1n) is 7.52. The lowest BCUT2D eigenvalue weighted by Gasteiger charge is -2.12. The smallest absolute Gasteiger partial charge is 0.341 e. The Morgan fingerprint density at radius 3 is 2.43 bits per heavy atom. The van der Waals surface area contributed by atoms with E-state index in [1.54, 1.807) is 0 Å². The van der Waals surface area contributed by atoms with E-state index in [0.29, 0.717) is 10.6 Å². The maximum atomic E-state index is 12.3. The highest BCUT2D eigenvalue weighted by Gasteiger charge is 2.27. The number of hydrogen-bond acceptors (Lipinski definition) is 4. The number of anilines is 1. The average molecular weight is 309 g/mol. The Morgan fingerprint density at radius 1 is 1.24 bits per heavy atom. The lowest BCUT2D eigenvalue weighted by atomic mass is 10.1. The van der Waals surface area contributed by atoms with Crippen molar-refractivity contribution in [1.29, 1.82) is 0 Å². The molecule has 1 amide bonds. The van der Waals surface area contributed by atoms with Gasteiger partial charge in [-0.3, -0.25) is 4.79 Å². The number of hydrogen-bond donors (Lipinski definition) is 1. The average Bonchev–Trinajstić information content (AvgIpc) is 2.98. The summed E-state index contributed by atoms with van der Waals surface area (Å²) >= 11 is 1.45. The summed E-state index contributed by atoms with van der Waals surface area (Å²) in [5.41, 5.74) is 1.41. The maximum absolute atomic E-state index is 12.3. The zero-order chi connectivity index (χ0) is 15.6. The van der Waals surface area contributed by atoms with Gasteiger partial charge in [0.2, 0.25) is 5.91 Å². The van der Waals surface area contributed by atoms with Crippen LogP contribution in [0.15, 0.2) is 0 Å². The molecule has 0 aromatic carbocycles. The van der Waals surface area contributed by atoms with Crippen molar-refractivity contribution in [1.82, 2.24) is 0 Å². The van der Waals surface area contributed by atoms with E-state index in [0.717, 1.165) is 36.1 Å². The highest BCUT2D eigenvalue weighted by Crippen LogP contribution is 2.34. The normalized spacial score (nSPS) is 15.5. The zero-order valence-electron chi connectivity index (χ0n) is 13.1. The first kappa shape index (κ1) is 16.0. The van der Waals surface area contributed by atoms with Gasteiger partial charge in [-0.25, -0.2) is 4.79 Å². The molecule has 1 aliphatic carbocycles. The highest BCUT2D eigenvalue weighted by molar-refractivity contribution is 7.16. The van der Waals surface area contributed by atoms with Crippen LogP contribution in [0.4, 0.5) is 5.00 Å². The molecule has 0 aliphatic heterocycles. The van der Waals surface area contributed by atoms with E-state index in [4.69, 9.17) is 4.74 Å². The number of carbonyl (C=O) groups excluding carboxylic acids is 2. The van der Waals surface area contributed by atoms with Gasteiger partial charge in [0.1, 0.15) is 5.00 Å². The Balaban J connectivity index is 2.20. The van der Waals surface area contributed by atoms with E-state index in [1.807, 2.05) is 27.7 Å². The van der Waals surface area contributed by atoms with Crippen LogP contribution < -0.4 is 5.32 Å². The van der Waals surface area contributed by atoms with E-state index >= 15 is 0 Å². The first-order valence-corrected chi connectivity index (χ1v) is 8.33. The lowest BCUT2D eigenvalue weighted by Crippen LogP contribution is -2.21. The molecule has 21 heavy (non-hydrogen) atoms. The summed E-state index contributed by atoms with van der Waals surface area (Å²) in [6, 6.07) is 0. The van der Waals surface area contributed by atoms with Crippen LogP contribution in [-0.4, -0.2) is 18.0 Å². The number of nitrogens with one attached hydrogen (secondary N) is 1. The van der Waals surface area contributed by atoms with Crippen LogP contribution in [0.2, 0.25) is 0 Å². The standard InChI is InChI=1S/C16H23NO3S/c1-9(2)20-16(19)13-10(3)11(4)21-15(13)17-14(18)12-7-5-6-8-12/h9,12H,5-8H2,1-4H3,(H,17,18). The minimum absolute atomic E-state index is 0.0346. The molecule has 1 N–H and O–H groups in total. The third kappa shape index (κ3) is 3.64. The molecule has 4 nitrogen and oxygen atoms in total. The third-order valence-electron chi connectivity index (χ3n) is 3.89. The summed E-state index contributed by atoms with van der Waals surface area (Å²) in [5, 5.41) is 3.58. The summed E-state index contributed by atoms with van der Waals surface area (Å²) in [7, 11) is 0. The molecular formula is C16H23NO3S. The molecule has 1 heterocycles. The van der Waals surface area contributed by atoms with Gasteiger partial charge >= 0.3 is 5.97 Å². The summed E-state index contributed by atoms with van der Waals surface area (Å²) in [6.45, 7) is 7.50. The minimum Gasteiger partial charge on any atom is -0.459 e. The van der Waals surface area contributed by atoms with Crippen molar-refractivity contribution in [3.8, 4) is 0 Å². The fourth-order valence-electron chi connectivity index (χ4n) is 2.64. The number of esters is 1. The first-order chi connectivity index (χ1) is 9.90. The Labute approximate surface area is 129 Å². The Kier molecular flexibility index (Phi) is 5.04. The number of aryl methyl sites for hydroxylation is 1. The van der Waals surface area contributed by atoms with Gasteiger partial charge in [0.05, 0.1) is 11.7 Å². The van der Waals surface area contributed by atoms with Gasteiger partial charge in [-0.2, -0.15) is 0 Å². The third-order valence-corrected chi connectivity index (χ3v) is 5.02. The van der Waals surface area contributed by atoms with Crippen molar-refractivity contribution in [2.24, 2.45) is 5.92 Å². The highest BCUT2D eigenvalue weighted by atomic mass is 32.1. The number of ether oxygens (including phenoxy) is 1. The monoisotopic (exact) mass is 309 g/mol. The summed E-state index contributed by atoms with van der Waals surface area (Å²) in [4.78, 5) is 25.6. The van der Waals surface area contributed by atoms with Gasteiger partial charge in [0, 0.05) is 10.8 Å². The van der Waals surface area contributed by atoms with Crippen molar-refractivity contribution in [3.63, 3.8) is 0 Å². The van der Waals surface area contributed by atoms with Crippen molar-refractivity contribution in [3.05, 3.63) is 16.0 Å². The van der Waals surface area contributed by atoms with Crippen molar-refractivity contribution < 1.29 is 14.3 Å². The largest absolute Gasteiger partial charge is 0.459 e. The molecule has 1 aromatic rings. The molecule has 1 fully saturated rings. The summed E-state index contributed by atoms with van der Waals surface area (Å²) in [5.74, 6) is -0.234. The van der Waals surface area contributed by atoms with Crippen LogP contribution in [0.5, 0.6) is 0 Å². The molecule has 5 heteroatoms. The van der Waals surface area contributed by atoms with Crippen LogP contribution in [0.1, 0.15) is 60.3 Å². The molecule has 2 rings (SSSR count).